The van der Waals surface area contributed by atoms with Gasteiger partial charge in [0, 0.05) is 10.3 Å². The molecule has 1 aromatic carbocycles. The van der Waals surface area contributed by atoms with E-state index in [1.807, 2.05) is 13.8 Å². The van der Waals surface area contributed by atoms with Crippen LogP contribution in [0.4, 0.5) is 18.9 Å². The number of carbonyl (C=O) groups excluding carboxylic acids is 1. The number of hydrogen-bond donors (Lipinski definition) is 1. The highest BCUT2D eigenvalue weighted by Gasteiger charge is 2.21. The lowest BCUT2D eigenvalue weighted by Crippen LogP contribution is -2.23. The van der Waals surface area contributed by atoms with Gasteiger partial charge in [-0.3, -0.25) is 4.79 Å². The van der Waals surface area contributed by atoms with E-state index < -0.39 is 34.3 Å². The van der Waals surface area contributed by atoms with Crippen molar-refractivity contribution in [2.24, 2.45) is 0 Å². The topological polar surface area (TPSA) is 54.9 Å². The number of aromatic nitrogens is 2. The second kappa shape index (κ2) is 7.24. The molecule has 0 aliphatic heterocycles. The minimum absolute atomic E-state index is 0.406. The lowest BCUT2D eigenvalue weighted by Gasteiger charge is -2.13. The fraction of sp³-hybridized carbons (Fsp3) is 0.235. The number of fused-ring (bicyclic) bond motifs is 1. The zero-order valence-corrected chi connectivity index (χ0v) is 15.7. The van der Waals surface area contributed by atoms with E-state index in [2.05, 4.69) is 15.3 Å². The molecular weight excluding hydrogens is 383 g/mol. The summed E-state index contributed by atoms with van der Waals surface area (Å²) >= 11 is 2.74. The summed E-state index contributed by atoms with van der Waals surface area (Å²) in [4.78, 5) is 22.8. The van der Waals surface area contributed by atoms with Gasteiger partial charge >= 0.3 is 0 Å². The predicted octanol–water partition coefficient (Wildman–Crippen LogP) is 4.84. The van der Waals surface area contributed by atoms with E-state index in [1.54, 1.807) is 18.3 Å². The van der Waals surface area contributed by atoms with Crippen molar-refractivity contribution in [2.45, 2.75) is 31.0 Å². The van der Waals surface area contributed by atoms with E-state index in [0.717, 1.165) is 32.8 Å². The van der Waals surface area contributed by atoms with Gasteiger partial charge < -0.3 is 5.32 Å². The molecule has 0 aliphatic rings. The van der Waals surface area contributed by atoms with Crippen molar-refractivity contribution in [1.29, 1.82) is 0 Å². The van der Waals surface area contributed by atoms with E-state index in [-0.39, 0.29) is 0 Å². The van der Waals surface area contributed by atoms with Gasteiger partial charge in [-0.25, -0.2) is 23.1 Å². The maximum absolute atomic E-state index is 13.7. The summed E-state index contributed by atoms with van der Waals surface area (Å²) in [5.74, 6) is -4.90. The molecule has 0 bridgehead atoms. The van der Waals surface area contributed by atoms with Crippen LogP contribution in [0.25, 0.3) is 10.2 Å². The highest BCUT2D eigenvalue weighted by molar-refractivity contribution is 8.00. The summed E-state index contributed by atoms with van der Waals surface area (Å²) < 4.78 is 40.0. The zero-order valence-electron chi connectivity index (χ0n) is 14.1. The molecule has 0 unspecified atom stereocenters. The molecule has 4 nitrogen and oxygen atoms in total. The van der Waals surface area contributed by atoms with Crippen molar-refractivity contribution >= 4 is 44.9 Å². The van der Waals surface area contributed by atoms with Crippen LogP contribution < -0.4 is 5.32 Å². The van der Waals surface area contributed by atoms with E-state index >= 15 is 0 Å². The van der Waals surface area contributed by atoms with Crippen molar-refractivity contribution in [3.63, 3.8) is 0 Å². The highest BCUT2D eigenvalue weighted by atomic mass is 32.2. The number of carbonyl (C=O) groups is 1. The predicted molar refractivity (Wildman–Crippen MR) is 97.2 cm³/mol. The average molecular weight is 397 g/mol. The smallest absolute Gasteiger partial charge is 0.237 e. The number of thioether (sulfide) groups is 1. The number of halogens is 3. The Morgan fingerprint density at radius 1 is 1.19 bits per heavy atom. The quantitative estimate of drug-likeness (QED) is 0.389. The molecule has 0 spiro atoms. The Morgan fingerprint density at radius 3 is 2.65 bits per heavy atom. The first-order valence-corrected chi connectivity index (χ1v) is 9.31. The van der Waals surface area contributed by atoms with Gasteiger partial charge in [0.1, 0.15) is 16.2 Å². The van der Waals surface area contributed by atoms with Crippen LogP contribution in [-0.4, -0.2) is 21.1 Å². The lowest BCUT2D eigenvalue weighted by molar-refractivity contribution is -0.115. The number of rotatable bonds is 4. The molecule has 1 atom stereocenters. The molecule has 2 aromatic heterocycles. The molecule has 26 heavy (non-hydrogen) atoms. The SMILES string of the molecule is Cc1sc2ncnc(S[C@@H](C)C(=O)Nc3ccc(F)c(F)c3F)c2c1C. The normalized spacial score (nSPS) is 12.4. The van der Waals surface area contributed by atoms with Crippen LogP contribution >= 0.6 is 23.1 Å². The van der Waals surface area contributed by atoms with Gasteiger partial charge in [0.2, 0.25) is 5.91 Å². The number of anilines is 1. The zero-order chi connectivity index (χ0) is 19.0. The minimum Gasteiger partial charge on any atom is -0.323 e. The molecule has 0 saturated heterocycles. The molecule has 3 rings (SSSR count). The Labute approximate surface area is 155 Å². The fourth-order valence-electron chi connectivity index (χ4n) is 2.32. The van der Waals surface area contributed by atoms with Crippen LogP contribution in [-0.2, 0) is 4.79 Å². The first kappa shape index (κ1) is 18.7. The Balaban J connectivity index is 1.81. The van der Waals surface area contributed by atoms with E-state index in [4.69, 9.17) is 0 Å². The number of thiophene rings is 1. The molecule has 9 heteroatoms. The monoisotopic (exact) mass is 397 g/mol. The van der Waals surface area contributed by atoms with Gasteiger partial charge in [-0.1, -0.05) is 11.8 Å². The van der Waals surface area contributed by atoms with Gasteiger partial charge in [0.25, 0.3) is 0 Å². The van der Waals surface area contributed by atoms with Crippen LogP contribution in [0.5, 0.6) is 0 Å². The van der Waals surface area contributed by atoms with Gasteiger partial charge in [-0.05, 0) is 38.5 Å². The first-order chi connectivity index (χ1) is 12.3. The average Bonchev–Trinajstić information content (AvgIpc) is 2.90. The summed E-state index contributed by atoms with van der Waals surface area (Å²) in [5, 5.41) is 3.18. The number of nitrogens with zero attached hydrogens (tertiary/aromatic N) is 2. The van der Waals surface area contributed by atoms with Gasteiger partial charge in [-0.15, -0.1) is 11.3 Å². The summed E-state index contributed by atoms with van der Waals surface area (Å²) in [6.07, 6.45) is 1.43. The molecule has 0 aliphatic carbocycles. The third-order valence-corrected chi connectivity index (χ3v) is 6.10. The number of nitrogens with one attached hydrogen (secondary N) is 1. The van der Waals surface area contributed by atoms with Gasteiger partial charge in [0.05, 0.1) is 10.9 Å². The van der Waals surface area contributed by atoms with Crippen molar-refractivity contribution < 1.29 is 18.0 Å². The molecular formula is C17H14F3N3OS2. The van der Waals surface area contributed by atoms with Crippen LogP contribution in [0.15, 0.2) is 23.5 Å². The summed E-state index contributed by atoms with van der Waals surface area (Å²) in [6, 6.07) is 1.75. The Hall–Kier alpha value is -2.13. The summed E-state index contributed by atoms with van der Waals surface area (Å²) in [7, 11) is 0. The van der Waals surface area contributed by atoms with Gasteiger partial charge in [0.15, 0.2) is 17.5 Å². The molecule has 1 N–H and O–H groups in total. The molecule has 1 amide bonds. The number of benzene rings is 1. The maximum atomic E-state index is 13.7. The van der Waals surface area contributed by atoms with E-state index in [9.17, 15) is 18.0 Å². The Morgan fingerprint density at radius 2 is 1.92 bits per heavy atom. The van der Waals surface area contributed by atoms with Crippen molar-refractivity contribution in [3.8, 4) is 0 Å². The van der Waals surface area contributed by atoms with Gasteiger partial charge in [-0.2, -0.15) is 0 Å². The van der Waals surface area contributed by atoms with Crippen LogP contribution in [0.3, 0.4) is 0 Å². The number of amides is 1. The second-order valence-electron chi connectivity index (χ2n) is 5.61. The Kier molecular flexibility index (Phi) is 5.19. The van der Waals surface area contributed by atoms with Crippen LogP contribution in [0.2, 0.25) is 0 Å². The van der Waals surface area contributed by atoms with Crippen molar-refractivity contribution in [3.05, 3.63) is 46.4 Å². The maximum Gasteiger partial charge on any atom is 0.237 e. The number of hydrogen-bond acceptors (Lipinski definition) is 5. The standard InChI is InChI=1S/C17H14F3N3OS2/c1-7-8(2)25-16-12(7)17(22-6-21-16)26-9(3)15(24)23-11-5-4-10(18)13(19)14(11)20/h4-6,9H,1-3H3,(H,23,24)/t9-/m0/s1. The van der Waals surface area contributed by atoms with Crippen LogP contribution in [0.1, 0.15) is 17.4 Å². The Bertz CT molecular complexity index is 1010. The number of aryl methyl sites for hydroxylation is 2. The largest absolute Gasteiger partial charge is 0.323 e. The third kappa shape index (κ3) is 3.41. The van der Waals surface area contributed by atoms with Crippen LogP contribution in [0, 0.1) is 31.3 Å². The summed E-state index contributed by atoms with van der Waals surface area (Å²) in [5.41, 5.74) is 0.643. The molecule has 136 valence electrons. The molecule has 0 radical (unpaired) electrons. The molecule has 2 heterocycles. The molecule has 0 saturated carbocycles. The van der Waals surface area contributed by atoms with E-state index in [0.29, 0.717) is 5.03 Å². The minimum atomic E-state index is -1.62. The third-order valence-electron chi connectivity index (χ3n) is 3.88. The molecule has 3 aromatic rings. The lowest BCUT2D eigenvalue weighted by atomic mass is 10.2. The fourth-order valence-corrected chi connectivity index (χ4v) is 4.36. The van der Waals surface area contributed by atoms with Crippen molar-refractivity contribution in [1.82, 2.24) is 9.97 Å². The van der Waals surface area contributed by atoms with Crippen molar-refractivity contribution in [2.75, 3.05) is 5.32 Å². The second-order valence-corrected chi connectivity index (χ2v) is 8.15. The first-order valence-electron chi connectivity index (χ1n) is 7.61. The summed E-state index contributed by atoms with van der Waals surface area (Å²) in [6.45, 7) is 5.57. The highest BCUT2D eigenvalue weighted by Crippen LogP contribution is 2.36. The van der Waals surface area contributed by atoms with E-state index in [1.165, 1.54) is 18.1 Å². The molecule has 0 fully saturated rings.